The van der Waals surface area contributed by atoms with Crippen molar-refractivity contribution in [2.45, 2.75) is 39.7 Å². The van der Waals surface area contributed by atoms with Crippen LogP contribution >= 0.6 is 11.8 Å². The second-order valence-electron chi connectivity index (χ2n) is 5.43. The zero-order valence-corrected chi connectivity index (χ0v) is 12.0. The van der Waals surface area contributed by atoms with Gasteiger partial charge in [-0.25, -0.2) is 0 Å². The zero-order chi connectivity index (χ0) is 12.9. The van der Waals surface area contributed by atoms with Crippen LogP contribution in [-0.4, -0.2) is 46.6 Å². The van der Waals surface area contributed by atoms with Crippen LogP contribution in [0, 0.1) is 5.41 Å². The first-order chi connectivity index (χ1) is 7.97. The number of oxime groups is 1. The third-order valence-corrected chi connectivity index (χ3v) is 4.74. The third-order valence-electron chi connectivity index (χ3n) is 3.55. The van der Waals surface area contributed by atoms with Crippen molar-refractivity contribution in [2.75, 3.05) is 24.6 Å². The molecule has 100 valence electrons. The second-order valence-corrected chi connectivity index (χ2v) is 6.58. The van der Waals surface area contributed by atoms with E-state index in [0.717, 1.165) is 19.4 Å². The summed E-state index contributed by atoms with van der Waals surface area (Å²) in [5, 5.41) is 11.8. The Morgan fingerprint density at radius 3 is 2.88 bits per heavy atom. The monoisotopic (exact) mass is 259 g/mol. The van der Waals surface area contributed by atoms with Gasteiger partial charge in [-0.05, 0) is 26.3 Å². The Balaban J connectivity index is 2.31. The van der Waals surface area contributed by atoms with Crippen molar-refractivity contribution >= 4 is 17.6 Å². The number of nitrogens with two attached hydrogens (primary N) is 1. The average Bonchev–Trinajstić information content (AvgIpc) is 2.30. The summed E-state index contributed by atoms with van der Waals surface area (Å²) < 4.78 is 0. The lowest BCUT2D eigenvalue weighted by molar-refractivity contribution is 0.219. The number of hydrogen-bond acceptors (Lipinski definition) is 4. The molecule has 1 saturated heterocycles. The highest BCUT2D eigenvalue weighted by atomic mass is 32.2. The highest BCUT2D eigenvalue weighted by Crippen LogP contribution is 2.24. The summed E-state index contributed by atoms with van der Waals surface area (Å²) in [4.78, 5) is 2.54. The van der Waals surface area contributed by atoms with Crippen molar-refractivity contribution in [3.05, 3.63) is 0 Å². The van der Waals surface area contributed by atoms with Gasteiger partial charge in [-0.1, -0.05) is 19.0 Å². The van der Waals surface area contributed by atoms with E-state index in [4.69, 9.17) is 10.9 Å². The summed E-state index contributed by atoms with van der Waals surface area (Å²) in [7, 11) is 0. The van der Waals surface area contributed by atoms with Gasteiger partial charge in [0, 0.05) is 29.5 Å². The molecule has 0 amide bonds. The van der Waals surface area contributed by atoms with E-state index in [9.17, 15) is 0 Å². The molecule has 1 fully saturated rings. The van der Waals surface area contributed by atoms with E-state index in [-0.39, 0.29) is 5.41 Å². The fraction of sp³-hybridized carbons (Fsp3) is 0.917. The molecule has 1 heterocycles. The average molecular weight is 259 g/mol. The first kappa shape index (κ1) is 14.6. The van der Waals surface area contributed by atoms with Gasteiger partial charge >= 0.3 is 0 Å². The minimum Gasteiger partial charge on any atom is -0.409 e. The number of hydrogen-bond donors (Lipinski definition) is 2. The van der Waals surface area contributed by atoms with Gasteiger partial charge in [0.15, 0.2) is 0 Å². The molecule has 1 unspecified atom stereocenters. The van der Waals surface area contributed by atoms with Crippen molar-refractivity contribution in [1.82, 2.24) is 4.90 Å². The minimum atomic E-state index is -0.206. The molecule has 0 radical (unpaired) electrons. The van der Waals surface area contributed by atoms with Gasteiger partial charge < -0.3 is 10.9 Å². The number of amidine groups is 1. The lowest BCUT2D eigenvalue weighted by atomic mass is 9.86. The maximum absolute atomic E-state index is 8.71. The van der Waals surface area contributed by atoms with Crippen molar-refractivity contribution in [1.29, 1.82) is 0 Å². The van der Waals surface area contributed by atoms with Crippen molar-refractivity contribution in [3.63, 3.8) is 0 Å². The lowest BCUT2D eigenvalue weighted by Gasteiger charge is -2.33. The first-order valence-corrected chi connectivity index (χ1v) is 7.42. The summed E-state index contributed by atoms with van der Waals surface area (Å²) >= 11 is 2.04. The second kappa shape index (κ2) is 6.50. The topological polar surface area (TPSA) is 61.8 Å². The van der Waals surface area contributed by atoms with Crippen LogP contribution in [0.1, 0.15) is 33.6 Å². The van der Waals surface area contributed by atoms with E-state index in [2.05, 4.69) is 17.0 Å². The Bertz CT molecular complexity index is 268. The molecule has 1 atom stereocenters. The Hall–Kier alpha value is -0.420. The quantitative estimate of drug-likeness (QED) is 0.343. The molecule has 0 aromatic carbocycles. The van der Waals surface area contributed by atoms with Crippen LogP contribution in [0.2, 0.25) is 0 Å². The van der Waals surface area contributed by atoms with Crippen molar-refractivity contribution in [2.24, 2.45) is 16.3 Å². The number of rotatable bonds is 5. The van der Waals surface area contributed by atoms with E-state index in [1.165, 1.54) is 18.1 Å². The molecule has 0 aromatic rings. The van der Waals surface area contributed by atoms with E-state index in [0.29, 0.717) is 11.9 Å². The Kier molecular flexibility index (Phi) is 5.59. The van der Waals surface area contributed by atoms with E-state index in [1.54, 1.807) is 0 Å². The van der Waals surface area contributed by atoms with Crippen molar-refractivity contribution < 1.29 is 5.21 Å². The smallest absolute Gasteiger partial charge is 0.144 e. The summed E-state index contributed by atoms with van der Waals surface area (Å²) in [6.07, 6.45) is 2.05. The molecular weight excluding hydrogens is 234 g/mol. The van der Waals surface area contributed by atoms with Gasteiger partial charge in [0.05, 0.1) is 0 Å². The summed E-state index contributed by atoms with van der Waals surface area (Å²) in [6, 6.07) is 0.681. The highest BCUT2D eigenvalue weighted by Gasteiger charge is 2.24. The fourth-order valence-corrected chi connectivity index (χ4v) is 3.16. The Labute approximate surface area is 109 Å². The molecule has 4 nitrogen and oxygen atoms in total. The molecule has 0 aliphatic carbocycles. The fourth-order valence-electron chi connectivity index (χ4n) is 2.08. The van der Waals surface area contributed by atoms with Gasteiger partial charge in [0.2, 0.25) is 0 Å². The van der Waals surface area contributed by atoms with Crippen LogP contribution in [0.25, 0.3) is 0 Å². The van der Waals surface area contributed by atoms with Gasteiger partial charge in [0.1, 0.15) is 5.84 Å². The summed E-state index contributed by atoms with van der Waals surface area (Å²) in [5.74, 6) is 2.82. The maximum Gasteiger partial charge on any atom is 0.144 e. The largest absolute Gasteiger partial charge is 0.409 e. The number of nitrogens with zero attached hydrogens (tertiary/aromatic N) is 2. The predicted molar refractivity (Wildman–Crippen MR) is 74.8 cm³/mol. The van der Waals surface area contributed by atoms with Crippen LogP contribution in [0.5, 0.6) is 0 Å². The van der Waals surface area contributed by atoms with Crippen LogP contribution < -0.4 is 5.73 Å². The van der Waals surface area contributed by atoms with E-state index in [1.807, 2.05) is 25.6 Å². The normalized spacial score (nSPS) is 23.9. The third kappa shape index (κ3) is 4.39. The first-order valence-electron chi connectivity index (χ1n) is 6.27. The van der Waals surface area contributed by atoms with Crippen LogP contribution in [-0.2, 0) is 0 Å². The predicted octanol–water partition coefficient (Wildman–Crippen LogP) is 1.98. The maximum atomic E-state index is 8.71. The molecule has 0 bridgehead atoms. The standard InChI is InChI=1S/C12H25N3OS/c1-10-9-17-8-7-15(10)6-4-5-12(2,3)11(13)14-16/h10,16H,4-9H2,1-3H3,(H2,13,14). The summed E-state index contributed by atoms with van der Waals surface area (Å²) in [6.45, 7) is 8.65. The Morgan fingerprint density at radius 2 is 2.29 bits per heavy atom. The lowest BCUT2D eigenvalue weighted by Crippen LogP contribution is -2.41. The van der Waals surface area contributed by atoms with Gasteiger partial charge in [-0.2, -0.15) is 11.8 Å². The van der Waals surface area contributed by atoms with E-state index < -0.39 is 0 Å². The molecule has 0 spiro atoms. The van der Waals surface area contributed by atoms with Gasteiger partial charge in [0.25, 0.3) is 0 Å². The highest BCUT2D eigenvalue weighted by molar-refractivity contribution is 7.99. The number of thioether (sulfide) groups is 1. The van der Waals surface area contributed by atoms with Crippen LogP contribution in [0.3, 0.4) is 0 Å². The van der Waals surface area contributed by atoms with Crippen LogP contribution in [0.4, 0.5) is 0 Å². The zero-order valence-electron chi connectivity index (χ0n) is 11.1. The van der Waals surface area contributed by atoms with Crippen molar-refractivity contribution in [3.8, 4) is 0 Å². The SMILES string of the molecule is CC1CSCCN1CCCC(C)(C)C(N)=NO. The molecular formula is C12H25N3OS. The van der Waals surface area contributed by atoms with Gasteiger partial charge in [-0.15, -0.1) is 0 Å². The molecule has 1 aliphatic heterocycles. The molecule has 1 aliphatic rings. The molecule has 1 rings (SSSR count). The minimum absolute atomic E-state index is 0.206. The molecule has 0 saturated carbocycles. The van der Waals surface area contributed by atoms with Crippen LogP contribution in [0.15, 0.2) is 5.16 Å². The molecule has 3 N–H and O–H groups in total. The molecule has 0 aromatic heterocycles. The molecule has 5 heteroatoms. The molecule has 17 heavy (non-hydrogen) atoms. The Morgan fingerprint density at radius 1 is 1.59 bits per heavy atom. The summed E-state index contributed by atoms with van der Waals surface area (Å²) in [5.41, 5.74) is 5.47. The van der Waals surface area contributed by atoms with Gasteiger partial charge in [-0.3, -0.25) is 4.90 Å². The van der Waals surface area contributed by atoms with E-state index >= 15 is 0 Å².